The van der Waals surface area contributed by atoms with Gasteiger partial charge in [-0.05, 0) is 25.5 Å². The maximum absolute atomic E-state index is 12.3. The minimum Gasteiger partial charge on any atom is -0.335 e. The van der Waals surface area contributed by atoms with Crippen LogP contribution in [0, 0.1) is 13.8 Å². The normalized spacial score (nSPS) is 15.0. The molecule has 3 rings (SSSR count). The molecule has 0 saturated carbocycles. The van der Waals surface area contributed by atoms with Gasteiger partial charge < -0.3 is 9.80 Å². The summed E-state index contributed by atoms with van der Waals surface area (Å²) in [5.74, 6) is -0.0757. The second-order valence-electron chi connectivity index (χ2n) is 6.27. The average Bonchev–Trinajstić information content (AvgIpc) is 2.96. The Morgan fingerprint density at radius 2 is 1.88 bits per heavy atom. The standard InChI is InChI=1S/C18H22N4O2/c1-14-3-5-16(6-4-14)11-20-9-10-21(12-17(20)23)18(24)13-22-8-7-15(2)19-22/h3-8H,9-13H2,1-2H3. The van der Waals surface area contributed by atoms with Crippen LogP contribution in [0.4, 0.5) is 0 Å². The molecule has 1 aromatic heterocycles. The predicted molar refractivity (Wildman–Crippen MR) is 90.1 cm³/mol. The topological polar surface area (TPSA) is 58.4 Å². The summed E-state index contributed by atoms with van der Waals surface area (Å²) >= 11 is 0. The molecule has 0 radical (unpaired) electrons. The van der Waals surface area contributed by atoms with Crippen molar-refractivity contribution in [1.82, 2.24) is 19.6 Å². The SMILES string of the molecule is Cc1ccc(CN2CCN(C(=O)Cn3ccc(C)n3)CC2=O)cc1. The summed E-state index contributed by atoms with van der Waals surface area (Å²) in [6, 6.07) is 10.0. The van der Waals surface area contributed by atoms with Crippen molar-refractivity contribution in [3.63, 3.8) is 0 Å². The molecule has 0 aliphatic carbocycles. The van der Waals surface area contributed by atoms with Crippen LogP contribution in [-0.2, 0) is 22.7 Å². The van der Waals surface area contributed by atoms with E-state index < -0.39 is 0 Å². The number of hydrogen-bond donors (Lipinski definition) is 0. The van der Waals surface area contributed by atoms with Crippen molar-refractivity contribution in [2.75, 3.05) is 19.6 Å². The van der Waals surface area contributed by atoms with E-state index in [4.69, 9.17) is 0 Å². The van der Waals surface area contributed by atoms with Crippen LogP contribution in [0.15, 0.2) is 36.5 Å². The van der Waals surface area contributed by atoms with Gasteiger partial charge in [-0.3, -0.25) is 14.3 Å². The second-order valence-corrected chi connectivity index (χ2v) is 6.27. The number of amides is 2. The highest BCUT2D eigenvalue weighted by molar-refractivity contribution is 5.85. The minimum absolute atomic E-state index is 0.00757. The molecule has 126 valence electrons. The van der Waals surface area contributed by atoms with Crippen LogP contribution >= 0.6 is 0 Å². The third-order valence-corrected chi connectivity index (χ3v) is 4.24. The Morgan fingerprint density at radius 1 is 1.12 bits per heavy atom. The molecule has 6 nitrogen and oxygen atoms in total. The van der Waals surface area contributed by atoms with E-state index in [0.717, 1.165) is 11.3 Å². The van der Waals surface area contributed by atoms with E-state index >= 15 is 0 Å². The van der Waals surface area contributed by atoms with Crippen LogP contribution in [-0.4, -0.2) is 51.0 Å². The van der Waals surface area contributed by atoms with Gasteiger partial charge in [-0.15, -0.1) is 0 Å². The molecule has 0 N–H and O–H groups in total. The maximum Gasteiger partial charge on any atom is 0.244 e. The molecule has 1 fully saturated rings. The van der Waals surface area contributed by atoms with E-state index in [1.54, 1.807) is 15.8 Å². The van der Waals surface area contributed by atoms with Gasteiger partial charge in [0.15, 0.2) is 0 Å². The van der Waals surface area contributed by atoms with Crippen molar-refractivity contribution in [3.8, 4) is 0 Å². The molecule has 0 bridgehead atoms. The Morgan fingerprint density at radius 3 is 2.50 bits per heavy atom. The lowest BCUT2D eigenvalue weighted by Gasteiger charge is -2.34. The Kier molecular flexibility index (Phi) is 4.64. The molecule has 0 unspecified atom stereocenters. The first kappa shape index (κ1) is 16.2. The smallest absolute Gasteiger partial charge is 0.244 e. The van der Waals surface area contributed by atoms with E-state index in [2.05, 4.69) is 5.10 Å². The van der Waals surface area contributed by atoms with Crippen molar-refractivity contribution in [2.45, 2.75) is 26.9 Å². The van der Waals surface area contributed by atoms with E-state index in [1.165, 1.54) is 5.56 Å². The highest BCUT2D eigenvalue weighted by atomic mass is 16.2. The first-order chi connectivity index (χ1) is 11.5. The monoisotopic (exact) mass is 326 g/mol. The number of carbonyl (C=O) groups excluding carboxylic acids is 2. The summed E-state index contributed by atoms with van der Waals surface area (Å²) in [6.07, 6.45) is 1.78. The van der Waals surface area contributed by atoms with Crippen LogP contribution in [0.5, 0.6) is 0 Å². The largest absolute Gasteiger partial charge is 0.335 e. The molecule has 0 atom stereocenters. The van der Waals surface area contributed by atoms with E-state index in [0.29, 0.717) is 19.6 Å². The molecule has 24 heavy (non-hydrogen) atoms. The molecule has 1 aromatic carbocycles. The second kappa shape index (κ2) is 6.86. The zero-order valence-electron chi connectivity index (χ0n) is 14.1. The van der Waals surface area contributed by atoms with Gasteiger partial charge in [0.05, 0.1) is 12.2 Å². The summed E-state index contributed by atoms with van der Waals surface area (Å²) in [5, 5.41) is 4.22. The van der Waals surface area contributed by atoms with Gasteiger partial charge in [-0.2, -0.15) is 5.10 Å². The van der Waals surface area contributed by atoms with Crippen molar-refractivity contribution in [3.05, 3.63) is 53.3 Å². The van der Waals surface area contributed by atoms with Gasteiger partial charge in [0.2, 0.25) is 11.8 Å². The van der Waals surface area contributed by atoms with Crippen LogP contribution in [0.25, 0.3) is 0 Å². The third-order valence-electron chi connectivity index (χ3n) is 4.24. The number of aryl methyl sites for hydroxylation is 2. The molecule has 1 aliphatic rings. The number of piperazine rings is 1. The van der Waals surface area contributed by atoms with Crippen LogP contribution in [0.2, 0.25) is 0 Å². The summed E-state index contributed by atoms with van der Waals surface area (Å²) in [5.41, 5.74) is 3.19. The van der Waals surface area contributed by atoms with Gasteiger partial charge in [0, 0.05) is 25.8 Å². The fourth-order valence-corrected chi connectivity index (χ4v) is 2.79. The number of carbonyl (C=O) groups is 2. The van der Waals surface area contributed by atoms with E-state index in [9.17, 15) is 9.59 Å². The van der Waals surface area contributed by atoms with Crippen LogP contribution in [0.1, 0.15) is 16.8 Å². The highest BCUT2D eigenvalue weighted by Gasteiger charge is 2.27. The van der Waals surface area contributed by atoms with Crippen molar-refractivity contribution in [1.29, 1.82) is 0 Å². The maximum atomic E-state index is 12.3. The number of nitrogens with zero attached hydrogens (tertiary/aromatic N) is 4. The van der Waals surface area contributed by atoms with Gasteiger partial charge in [-0.1, -0.05) is 29.8 Å². The first-order valence-electron chi connectivity index (χ1n) is 8.12. The van der Waals surface area contributed by atoms with E-state index in [-0.39, 0.29) is 24.9 Å². The zero-order chi connectivity index (χ0) is 17.1. The fourth-order valence-electron chi connectivity index (χ4n) is 2.79. The molecular formula is C18H22N4O2. The molecule has 1 saturated heterocycles. The van der Waals surface area contributed by atoms with Crippen LogP contribution < -0.4 is 0 Å². The molecule has 6 heteroatoms. The quantitative estimate of drug-likeness (QED) is 0.853. The average molecular weight is 326 g/mol. The van der Waals surface area contributed by atoms with Gasteiger partial charge in [0.1, 0.15) is 6.54 Å². The Labute approximate surface area is 141 Å². The lowest BCUT2D eigenvalue weighted by atomic mass is 10.1. The van der Waals surface area contributed by atoms with Crippen molar-refractivity contribution in [2.24, 2.45) is 0 Å². The fraction of sp³-hybridized carbons (Fsp3) is 0.389. The van der Waals surface area contributed by atoms with Crippen molar-refractivity contribution >= 4 is 11.8 Å². The van der Waals surface area contributed by atoms with Crippen LogP contribution in [0.3, 0.4) is 0 Å². The molecule has 2 amide bonds. The Bertz CT molecular complexity index is 736. The number of rotatable bonds is 4. The molecule has 2 aromatic rings. The summed E-state index contributed by atoms with van der Waals surface area (Å²) in [4.78, 5) is 28.1. The number of aromatic nitrogens is 2. The first-order valence-corrected chi connectivity index (χ1v) is 8.12. The van der Waals surface area contributed by atoms with Gasteiger partial charge in [0.25, 0.3) is 0 Å². The van der Waals surface area contributed by atoms with Gasteiger partial charge in [-0.25, -0.2) is 0 Å². The Hall–Kier alpha value is -2.63. The predicted octanol–water partition coefficient (Wildman–Crippen LogP) is 1.37. The zero-order valence-corrected chi connectivity index (χ0v) is 14.1. The number of hydrogen-bond acceptors (Lipinski definition) is 3. The van der Waals surface area contributed by atoms with Gasteiger partial charge >= 0.3 is 0 Å². The molecular weight excluding hydrogens is 304 g/mol. The van der Waals surface area contributed by atoms with Crippen molar-refractivity contribution < 1.29 is 9.59 Å². The molecule has 2 heterocycles. The summed E-state index contributed by atoms with van der Waals surface area (Å²) in [6.45, 7) is 5.98. The van der Waals surface area contributed by atoms with E-state index in [1.807, 2.05) is 49.1 Å². The highest BCUT2D eigenvalue weighted by Crippen LogP contribution is 2.11. The minimum atomic E-state index is -0.0681. The molecule has 1 aliphatic heterocycles. The lowest BCUT2D eigenvalue weighted by Crippen LogP contribution is -2.52. The summed E-state index contributed by atoms with van der Waals surface area (Å²) in [7, 11) is 0. The number of benzene rings is 1. The molecule has 0 spiro atoms. The lowest BCUT2D eigenvalue weighted by molar-refractivity contribution is -0.146. The summed E-state index contributed by atoms with van der Waals surface area (Å²) < 4.78 is 1.61. The Balaban J connectivity index is 1.55. The third kappa shape index (κ3) is 3.82.